The standard InChI is InChI=1S/C28H24ClN5OS/c1-2-34-27(32-33-28(34)36-18-26(35)30-17-19-12-14-21(29)15-13-19)23-16-25(20-8-4-3-5-9-20)31-24-11-7-6-10-22(23)24/h3-16H,2,17-18H2,1H3,(H,30,35). The van der Waals surface area contributed by atoms with Crippen molar-refractivity contribution in [2.45, 2.75) is 25.2 Å². The first-order chi connectivity index (χ1) is 17.6. The number of carbonyl (C=O) groups is 1. The molecule has 5 rings (SSSR count). The first kappa shape index (κ1) is 24.0. The maximum absolute atomic E-state index is 12.5. The third kappa shape index (κ3) is 5.27. The van der Waals surface area contributed by atoms with Crippen molar-refractivity contribution in [3.63, 3.8) is 0 Å². The highest BCUT2D eigenvalue weighted by Gasteiger charge is 2.18. The number of rotatable bonds is 8. The molecule has 8 heteroatoms. The highest BCUT2D eigenvalue weighted by atomic mass is 35.5. The minimum atomic E-state index is -0.0668. The van der Waals surface area contributed by atoms with Crippen molar-refractivity contribution < 1.29 is 4.79 Å². The van der Waals surface area contributed by atoms with Crippen LogP contribution in [0.2, 0.25) is 5.02 Å². The second kappa shape index (κ2) is 10.9. The molecule has 0 aliphatic heterocycles. The molecule has 1 N–H and O–H groups in total. The lowest BCUT2D eigenvalue weighted by Crippen LogP contribution is -2.24. The summed E-state index contributed by atoms with van der Waals surface area (Å²) in [6.07, 6.45) is 0. The lowest BCUT2D eigenvalue weighted by Gasteiger charge is -2.12. The van der Waals surface area contributed by atoms with E-state index in [9.17, 15) is 4.79 Å². The molecule has 2 heterocycles. The van der Waals surface area contributed by atoms with E-state index >= 15 is 0 Å². The number of fused-ring (bicyclic) bond motifs is 1. The van der Waals surface area contributed by atoms with Crippen molar-refractivity contribution in [3.05, 3.63) is 95.5 Å². The third-order valence-corrected chi connectivity index (χ3v) is 7.01. The summed E-state index contributed by atoms with van der Waals surface area (Å²) in [7, 11) is 0. The molecule has 1 amide bonds. The summed E-state index contributed by atoms with van der Waals surface area (Å²) in [5.41, 5.74) is 4.78. The number of carbonyl (C=O) groups excluding carboxylic acids is 1. The van der Waals surface area contributed by atoms with Crippen LogP contribution in [0.1, 0.15) is 12.5 Å². The fraction of sp³-hybridized carbons (Fsp3) is 0.143. The minimum absolute atomic E-state index is 0.0668. The van der Waals surface area contributed by atoms with E-state index in [4.69, 9.17) is 16.6 Å². The van der Waals surface area contributed by atoms with E-state index in [1.54, 1.807) is 0 Å². The molecule has 0 aliphatic carbocycles. The van der Waals surface area contributed by atoms with Gasteiger partial charge in [-0.15, -0.1) is 10.2 Å². The molecule has 0 radical (unpaired) electrons. The zero-order chi connectivity index (χ0) is 24.9. The topological polar surface area (TPSA) is 72.7 Å². The first-order valence-corrected chi connectivity index (χ1v) is 13.0. The molecular formula is C28H24ClN5OS. The number of halogens is 1. The molecule has 0 bridgehead atoms. The third-order valence-electron chi connectivity index (χ3n) is 5.80. The van der Waals surface area contributed by atoms with Gasteiger partial charge in [0, 0.05) is 34.6 Å². The van der Waals surface area contributed by atoms with Crippen LogP contribution in [0.4, 0.5) is 0 Å². The number of nitrogens with zero attached hydrogens (tertiary/aromatic N) is 4. The molecule has 0 atom stereocenters. The van der Waals surface area contributed by atoms with E-state index in [-0.39, 0.29) is 11.7 Å². The Morgan fingerprint density at radius 3 is 2.50 bits per heavy atom. The molecule has 0 unspecified atom stereocenters. The van der Waals surface area contributed by atoms with Crippen molar-refractivity contribution in [3.8, 4) is 22.6 Å². The Hall–Kier alpha value is -3.68. The van der Waals surface area contributed by atoms with E-state index in [2.05, 4.69) is 46.7 Å². The average molecular weight is 514 g/mol. The van der Waals surface area contributed by atoms with Crippen LogP contribution in [0.25, 0.3) is 33.5 Å². The van der Waals surface area contributed by atoms with Gasteiger partial charge >= 0.3 is 0 Å². The van der Waals surface area contributed by atoms with Gasteiger partial charge in [0.05, 0.1) is 17.0 Å². The van der Waals surface area contributed by atoms with E-state index in [1.807, 2.05) is 65.2 Å². The largest absolute Gasteiger partial charge is 0.351 e. The Labute approximate surface area is 218 Å². The van der Waals surface area contributed by atoms with Crippen LogP contribution in [0.5, 0.6) is 0 Å². The molecule has 6 nitrogen and oxygen atoms in total. The number of nitrogens with one attached hydrogen (secondary N) is 1. The van der Waals surface area contributed by atoms with Crippen molar-refractivity contribution in [1.29, 1.82) is 0 Å². The highest BCUT2D eigenvalue weighted by molar-refractivity contribution is 7.99. The van der Waals surface area contributed by atoms with E-state index in [1.165, 1.54) is 11.8 Å². The summed E-state index contributed by atoms with van der Waals surface area (Å²) in [6, 6.07) is 27.7. The van der Waals surface area contributed by atoms with Gasteiger partial charge in [-0.1, -0.05) is 84.0 Å². The van der Waals surface area contributed by atoms with E-state index in [0.717, 1.165) is 39.1 Å². The zero-order valence-corrected chi connectivity index (χ0v) is 21.3. The molecular weight excluding hydrogens is 490 g/mol. The number of hydrogen-bond donors (Lipinski definition) is 1. The van der Waals surface area contributed by atoms with Crippen molar-refractivity contribution in [2.75, 3.05) is 5.75 Å². The van der Waals surface area contributed by atoms with Crippen LogP contribution in [-0.4, -0.2) is 31.4 Å². The second-order valence-electron chi connectivity index (χ2n) is 8.18. The first-order valence-electron chi connectivity index (χ1n) is 11.6. The number of amides is 1. The van der Waals surface area contributed by atoms with Crippen LogP contribution < -0.4 is 5.32 Å². The molecule has 0 saturated carbocycles. The Morgan fingerprint density at radius 1 is 0.972 bits per heavy atom. The lowest BCUT2D eigenvalue weighted by atomic mass is 10.0. The zero-order valence-electron chi connectivity index (χ0n) is 19.7. The molecule has 2 aromatic heterocycles. The summed E-state index contributed by atoms with van der Waals surface area (Å²) in [5.74, 6) is 0.943. The van der Waals surface area contributed by atoms with E-state index in [0.29, 0.717) is 23.3 Å². The number of benzene rings is 3. The van der Waals surface area contributed by atoms with Crippen LogP contribution in [0, 0.1) is 0 Å². The highest BCUT2D eigenvalue weighted by Crippen LogP contribution is 2.32. The van der Waals surface area contributed by atoms with Crippen LogP contribution in [0.3, 0.4) is 0 Å². The Kier molecular flexibility index (Phi) is 7.30. The Bertz CT molecular complexity index is 1500. The van der Waals surface area contributed by atoms with Crippen molar-refractivity contribution >= 4 is 40.2 Å². The predicted molar refractivity (Wildman–Crippen MR) is 146 cm³/mol. The van der Waals surface area contributed by atoms with Gasteiger partial charge in [-0.2, -0.15) is 0 Å². The fourth-order valence-corrected chi connectivity index (χ4v) is 4.94. The minimum Gasteiger partial charge on any atom is -0.351 e. The summed E-state index contributed by atoms with van der Waals surface area (Å²) in [6.45, 7) is 3.18. The molecule has 180 valence electrons. The van der Waals surface area contributed by atoms with Crippen LogP contribution >= 0.6 is 23.4 Å². The monoisotopic (exact) mass is 513 g/mol. The maximum atomic E-state index is 12.5. The van der Waals surface area contributed by atoms with Gasteiger partial charge in [-0.05, 0) is 36.8 Å². The van der Waals surface area contributed by atoms with Crippen molar-refractivity contribution in [1.82, 2.24) is 25.1 Å². The Morgan fingerprint density at radius 2 is 1.72 bits per heavy atom. The Balaban J connectivity index is 1.39. The molecule has 5 aromatic rings. The number of thioether (sulfide) groups is 1. The summed E-state index contributed by atoms with van der Waals surface area (Å²) < 4.78 is 2.05. The molecule has 0 spiro atoms. The van der Waals surface area contributed by atoms with Crippen LogP contribution in [-0.2, 0) is 17.9 Å². The van der Waals surface area contributed by atoms with Crippen molar-refractivity contribution in [2.24, 2.45) is 0 Å². The van der Waals surface area contributed by atoms with Crippen LogP contribution in [0.15, 0.2) is 90.1 Å². The molecule has 0 fully saturated rings. The number of hydrogen-bond acceptors (Lipinski definition) is 5. The van der Waals surface area contributed by atoms with Gasteiger partial charge in [0.15, 0.2) is 11.0 Å². The number of para-hydroxylation sites is 1. The van der Waals surface area contributed by atoms with Gasteiger partial charge in [0.2, 0.25) is 5.91 Å². The van der Waals surface area contributed by atoms with Gasteiger partial charge in [-0.25, -0.2) is 4.98 Å². The molecule has 0 saturated heterocycles. The van der Waals surface area contributed by atoms with Gasteiger partial charge in [-0.3, -0.25) is 4.79 Å². The summed E-state index contributed by atoms with van der Waals surface area (Å²) in [4.78, 5) is 17.4. The average Bonchev–Trinajstić information content (AvgIpc) is 3.34. The summed E-state index contributed by atoms with van der Waals surface area (Å²) in [5, 5.41) is 14.3. The molecule has 3 aromatic carbocycles. The number of aromatic nitrogens is 4. The lowest BCUT2D eigenvalue weighted by molar-refractivity contribution is -0.118. The normalized spacial score (nSPS) is 11.1. The SMILES string of the molecule is CCn1c(SCC(=O)NCc2ccc(Cl)cc2)nnc1-c1cc(-c2ccccc2)nc2ccccc12. The van der Waals surface area contributed by atoms with E-state index < -0.39 is 0 Å². The molecule has 0 aliphatic rings. The second-order valence-corrected chi connectivity index (χ2v) is 9.56. The quantitative estimate of drug-likeness (QED) is 0.248. The number of pyridine rings is 1. The smallest absolute Gasteiger partial charge is 0.230 e. The van der Waals surface area contributed by atoms with Gasteiger partial charge < -0.3 is 9.88 Å². The maximum Gasteiger partial charge on any atom is 0.230 e. The predicted octanol–water partition coefficient (Wildman–Crippen LogP) is 6.24. The summed E-state index contributed by atoms with van der Waals surface area (Å²) >= 11 is 7.31. The molecule has 36 heavy (non-hydrogen) atoms. The van der Waals surface area contributed by atoms with Gasteiger partial charge in [0.1, 0.15) is 0 Å². The fourth-order valence-electron chi connectivity index (χ4n) is 3.98. The van der Waals surface area contributed by atoms with Gasteiger partial charge in [0.25, 0.3) is 0 Å².